The summed E-state index contributed by atoms with van der Waals surface area (Å²) in [6, 6.07) is 25.8. The first-order valence-corrected chi connectivity index (χ1v) is 10.7. The third-order valence-electron chi connectivity index (χ3n) is 4.36. The van der Waals surface area contributed by atoms with Crippen molar-refractivity contribution >= 4 is 44.8 Å². The van der Waals surface area contributed by atoms with E-state index in [1.807, 2.05) is 71.6 Å². The number of fused-ring (bicyclic) bond motifs is 1. The normalized spacial score (nSPS) is 10.8. The second-order valence-electron chi connectivity index (χ2n) is 6.24. The van der Waals surface area contributed by atoms with Gasteiger partial charge >= 0.3 is 0 Å². The van der Waals surface area contributed by atoms with E-state index >= 15 is 0 Å². The minimum atomic E-state index is -0.145. The SMILES string of the molecule is COc1ccccc1NC(=O)c1ccc(CSc2cc3ccccc3s2)cc1. The number of amides is 1. The topological polar surface area (TPSA) is 38.3 Å². The van der Waals surface area contributed by atoms with Gasteiger partial charge in [0.05, 0.1) is 17.0 Å². The van der Waals surface area contributed by atoms with E-state index in [-0.39, 0.29) is 5.91 Å². The van der Waals surface area contributed by atoms with Crippen LogP contribution < -0.4 is 10.1 Å². The molecule has 0 aliphatic rings. The summed E-state index contributed by atoms with van der Waals surface area (Å²) in [5.41, 5.74) is 2.48. The zero-order valence-corrected chi connectivity index (χ0v) is 17.0. The van der Waals surface area contributed by atoms with Crippen molar-refractivity contribution in [3.8, 4) is 5.75 Å². The van der Waals surface area contributed by atoms with Crippen LogP contribution in [0, 0.1) is 0 Å². The van der Waals surface area contributed by atoms with Crippen LogP contribution in [0.2, 0.25) is 0 Å². The Kier molecular flexibility index (Phi) is 5.65. The molecule has 0 bridgehead atoms. The summed E-state index contributed by atoms with van der Waals surface area (Å²) in [5.74, 6) is 1.38. The van der Waals surface area contributed by atoms with Crippen LogP contribution in [0.3, 0.4) is 0 Å². The van der Waals surface area contributed by atoms with Crippen molar-refractivity contribution in [3.05, 3.63) is 90.0 Å². The lowest BCUT2D eigenvalue weighted by molar-refractivity contribution is 0.102. The van der Waals surface area contributed by atoms with Crippen LogP contribution in [-0.2, 0) is 5.75 Å². The van der Waals surface area contributed by atoms with Crippen LogP contribution in [0.1, 0.15) is 15.9 Å². The highest BCUT2D eigenvalue weighted by molar-refractivity contribution is 8.00. The van der Waals surface area contributed by atoms with E-state index in [9.17, 15) is 4.79 Å². The average Bonchev–Trinajstić information content (AvgIpc) is 3.16. The lowest BCUT2D eigenvalue weighted by Gasteiger charge is -2.10. The summed E-state index contributed by atoms with van der Waals surface area (Å²) in [6.45, 7) is 0. The van der Waals surface area contributed by atoms with Gasteiger partial charge in [-0.15, -0.1) is 23.1 Å². The molecule has 4 rings (SSSR count). The number of hydrogen-bond acceptors (Lipinski definition) is 4. The number of hydrogen-bond donors (Lipinski definition) is 1. The first-order chi connectivity index (χ1) is 13.7. The van der Waals surface area contributed by atoms with Crippen LogP contribution in [0.4, 0.5) is 5.69 Å². The molecule has 0 saturated heterocycles. The van der Waals surface area contributed by atoms with Gasteiger partial charge in [-0.3, -0.25) is 4.79 Å². The predicted octanol–water partition coefficient (Wildman–Crippen LogP) is 6.45. The lowest BCUT2D eigenvalue weighted by Crippen LogP contribution is -2.12. The van der Waals surface area contributed by atoms with Gasteiger partial charge in [0.1, 0.15) is 5.75 Å². The maximum absolute atomic E-state index is 12.5. The smallest absolute Gasteiger partial charge is 0.255 e. The average molecular weight is 406 g/mol. The number of carbonyl (C=O) groups is 1. The molecule has 1 N–H and O–H groups in total. The van der Waals surface area contributed by atoms with Crippen molar-refractivity contribution in [2.75, 3.05) is 12.4 Å². The number of benzene rings is 3. The van der Waals surface area contributed by atoms with Gasteiger partial charge in [-0.25, -0.2) is 0 Å². The van der Waals surface area contributed by atoms with Crippen LogP contribution in [0.25, 0.3) is 10.1 Å². The van der Waals surface area contributed by atoms with Gasteiger partial charge in [0.15, 0.2) is 0 Å². The minimum absolute atomic E-state index is 0.145. The number of anilines is 1. The molecule has 0 saturated carbocycles. The molecule has 0 unspecified atom stereocenters. The molecule has 1 heterocycles. The third kappa shape index (κ3) is 4.21. The fourth-order valence-corrected chi connectivity index (χ4v) is 5.07. The molecule has 0 aliphatic carbocycles. The molecule has 3 nitrogen and oxygen atoms in total. The van der Waals surface area contributed by atoms with E-state index in [4.69, 9.17) is 4.74 Å². The lowest BCUT2D eigenvalue weighted by atomic mass is 10.1. The summed E-state index contributed by atoms with van der Waals surface area (Å²) in [4.78, 5) is 12.5. The number of thiophene rings is 1. The van der Waals surface area contributed by atoms with Crippen LogP contribution in [-0.4, -0.2) is 13.0 Å². The molecule has 140 valence electrons. The maximum Gasteiger partial charge on any atom is 0.255 e. The van der Waals surface area contributed by atoms with Crippen molar-refractivity contribution in [2.24, 2.45) is 0 Å². The zero-order chi connectivity index (χ0) is 19.3. The number of ether oxygens (including phenoxy) is 1. The molecule has 0 atom stereocenters. The molecule has 1 amide bonds. The molecule has 28 heavy (non-hydrogen) atoms. The predicted molar refractivity (Wildman–Crippen MR) is 119 cm³/mol. The van der Waals surface area contributed by atoms with Gasteiger partial charge in [0.2, 0.25) is 0 Å². The number of rotatable bonds is 6. The fraction of sp³-hybridized carbons (Fsp3) is 0.0870. The summed E-state index contributed by atoms with van der Waals surface area (Å²) < 4.78 is 7.90. The Bertz CT molecular complexity index is 1070. The van der Waals surface area contributed by atoms with Gasteiger partial charge in [-0.2, -0.15) is 0 Å². The molecular formula is C23H19NO2S2. The number of para-hydroxylation sites is 2. The highest BCUT2D eigenvalue weighted by Gasteiger charge is 2.09. The summed E-state index contributed by atoms with van der Waals surface area (Å²) in [7, 11) is 1.59. The molecule has 3 aromatic carbocycles. The standard InChI is InChI=1S/C23H19NO2S2/c1-26-20-8-4-3-7-19(20)24-23(25)17-12-10-16(11-13-17)15-27-22-14-18-6-2-5-9-21(18)28-22/h2-14H,15H2,1H3,(H,24,25). The number of nitrogens with one attached hydrogen (secondary N) is 1. The molecule has 0 fully saturated rings. The van der Waals surface area contributed by atoms with Crippen LogP contribution in [0.5, 0.6) is 5.75 Å². The summed E-state index contributed by atoms with van der Waals surface area (Å²) in [6.07, 6.45) is 0. The first-order valence-electron chi connectivity index (χ1n) is 8.87. The van der Waals surface area contributed by atoms with E-state index in [1.165, 1.54) is 19.9 Å². The third-order valence-corrected chi connectivity index (χ3v) is 6.75. The van der Waals surface area contributed by atoms with Crippen molar-refractivity contribution < 1.29 is 9.53 Å². The monoisotopic (exact) mass is 405 g/mol. The first kappa shape index (κ1) is 18.6. The van der Waals surface area contributed by atoms with Crippen LogP contribution >= 0.6 is 23.1 Å². The Morgan fingerprint density at radius 1 is 1.00 bits per heavy atom. The number of carbonyl (C=O) groups excluding carboxylic acids is 1. The van der Waals surface area contributed by atoms with Crippen molar-refractivity contribution in [2.45, 2.75) is 9.96 Å². The Balaban J connectivity index is 1.39. The molecule has 5 heteroatoms. The van der Waals surface area contributed by atoms with Crippen molar-refractivity contribution in [3.63, 3.8) is 0 Å². The molecule has 1 aromatic heterocycles. The summed E-state index contributed by atoms with van der Waals surface area (Å²) in [5, 5.41) is 4.19. The van der Waals surface area contributed by atoms with E-state index in [0.717, 1.165) is 5.75 Å². The number of methoxy groups -OCH3 is 1. The number of thioether (sulfide) groups is 1. The molecular weight excluding hydrogens is 386 g/mol. The van der Waals surface area contributed by atoms with Crippen molar-refractivity contribution in [1.29, 1.82) is 0 Å². The van der Waals surface area contributed by atoms with Gasteiger partial charge in [-0.1, -0.05) is 42.5 Å². The Morgan fingerprint density at radius 3 is 2.54 bits per heavy atom. The molecule has 4 aromatic rings. The van der Waals surface area contributed by atoms with E-state index in [1.54, 1.807) is 7.11 Å². The molecule has 0 aliphatic heterocycles. The van der Waals surface area contributed by atoms with E-state index in [2.05, 4.69) is 35.6 Å². The molecule has 0 spiro atoms. The van der Waals surface area contributed by atoms with Gasteiger partial charge < -0.3 is 10.1 Å². The highest BCUT2D eigenvalue weighted by atomic mass is 32.2. The fourth-order valence-electron chi connectivity index (χ4n) is 2.88. The quantitative estimate of drug-likeness (QED) is 0.374. The second kappa shape index (κ2) is 8.50. The van der Waals surface area contributed by atoms with Crippen LogP contribution in [0.15, 0.2) is 83.1 Å². The van der Waals surface area contributed by atoms with E-state index < -0.39 is 0 Å². The Hall–Kier alpha value is -2.76. The largest absolute Gasteiger partial charge is 0.495 e. The van der Waals surface area contributed by atoms with E-state index in [0.29, 0.717) is 17.0 Å². The van der Waals surface area contributed by atoms with Gasteiger partial charge in [-0.05, 0) is 47.3 Å². The highest BCUT2D eigenvalue weighted by Crippen LogP contribution is 2.34. The Labute approximate surface area is 172 Å². The summed E-state index contributed by atoms with van der Waals surface area (Å²) >= 11 is 3.64. The van der Waals surface area contributed by atoms with Gasteiger partial charge in [0.25, 0.3) is 5.91 Å². The maximum atomic E-state index is 12.5. The second-order valence-corrected chi connectivity index (χ2v) is 8.60. The minimum Gasteiger partial charge on any atom is -0.495 e. The Morgan fingerprint density at radius 2 is 1.75 bits per heavy atom. The van der Waals surface area contributed by atoms with Crippen molar-refractivity contribution in [1.82, 2.24) is 0 Å². The zero-order valence-electron chi connectivity index (χ0n) is 15.3. The molecule has 0 radical (unpaired) electrons. The van der Waals surface area contributed by atoms with Gasteiger partial charge in [0, 0.05) is 16.0 Å².